The Labute approximate surface area is 104 Å². The molecule has 0 bridgehead atoms. The van der Waals surface area contributed by atoms with E-state index in [4.69, 9.17) is 5.73 Å². The maximum atomic E-state index is 14.1. The van der Waals surface area contributed by atoms with E-state index in [2.05, 4.69) is 41.5 Å². The molecule has 0 radical (unpaired) electrons. The second-order valence-electron chi connectivity index (χ2n) is 6.21. The molecule has 0 aromatic heterocycles. The molecule has 0 saturated heterocycles. The van der Waals surface area contributed by atoms with Crippen molar-refractivity contribution in [1.29, 1.82) is 0 Å². The van der Waals surface area contributed by atoms with Gasteiger partial charge in [0.25, 0.3) is 0 Å². The lowest BCUT2D eigenvalue weighted by molar-refractivity contribution is 0.329. The summed E-state index contributed by atoms with van der Waals surface area (Å²) in [5.41, 5.74) is 8.48. The van der Waals surface area contributed by atoms with E-state index in [9.17, 15) is 4.39 Å². The van der Waals surface area contributed by atoms with Gasteiger partial charge in [-0.1, -0.05) is 41.5 Å². The zero-order valence-electron chi connectivity index (χ0n) is 11.8. The summed E-state index contributed by atoms with van der Waals surface area (Å²) in [5.74, 6) is 0.249. The molecule has 1 nitrogen and oxygen atoms in total. The average Bonchev–Trinajstić information content (AvgIpc) is 2.18. The fourth-order valence-corrected chi connectivity index (χ4v) is 2.14. The molecule has 1 unspecified atom stereocenters. The van der Waals surface area contributed by atoms with E-state index in [1.807, 2.05) is 0 Å². The van der Waals surface area contributed by atoms with Crippen molar-refractivity contribution < 1.29 is 4.39 Å². The first-order valence-electron chi connectivity index (χ1n) is 6.24. The number of anilines is 1. The lowest BCUT2D eigenvalue weighted by atomic mass is 9.74. The Hall–Kier alpha value is -1.05. The molecule has 0 amide bonds. The Kier molecular flexibility index (Phi) is 3.85. The van der Waals surface area contributed by atoms with E-state index in [-0.39, 0.29) is 23.1 Å². The van der Waals surface area contributed by atoms with Crippen molar-refractivity contribution in [1.82, 2.24) is 0 Å². The first-order chi connectivity index (χ1) is 7.66. The number of halogens is 1. The molecular formula is C15H24FN. The van der Waals surface area contributed by atoms with Crippen LogP contribution in [0.5, 0.6) is 0 Å². The van der Waals surface area contributed by atoms with Crippen LogP contribution in [-0.4, -0.2) is 0 Å². The summed E-state index contributed by atoms with van der Waals surface area (Å²) in [4.78, 5) is 0. The fourth-order valence-electron chi connectivity index (χ4n) is 2.14. The van der Waals surface area contributed by atoms with Gasteiger partial charge in [-0.2, -0.15) is 0 Å². The number of benzene rings is 1. The molecule has 2 heteroatoms. The zero-order valence-corrected chi connectivity index (χ0v) is 11.8. The lowest BCUT2D eigenvalue weighted by Crippen LogP contribution is -2.19. The highest BCUT2D eigenvalue weighted by atomic mass is 19.1. The van der Waals surface area contributed by atoms with E-state index in [1.165, 1.54) is 6.07 Å². The molecule has 1 atom stereocenters. The molecule has 0 aliphatic carbocycles. The molecule has 0 saturated carbocycles. The Balaban J connectivity index is 3.45. The van der Waals surface area contributed by atoms with Gasteiger partial charge in [0.05, 0.1) is 0 Å². The highest BCUT2D eigenvalue weighted by Crippen LogP contribution is 2.41. The first-order valence-corrected chi connectivity index (χ1v) is 6.24. The van der Waals surface area contributed by atoms with Gasteiger partial charge in [-0.05, 0) is 40.5 Å². The van der Waals surface area contributed by atoms with Gasteiger partial charge < -0.3 is 5.73 Å². The number of nitrogens with two attached hydrogens (primary N) is 1. The van der Waals surface area contributed by atoms with Crippen molar-refractivity contribution in [3.63, 3.8) is 0 Å². The Morgan fingerprint density at radius 1 is 1.06 bits per heavy atom. The van der Waals surface area contributed by atoms with E-state index >= 15 is 0 Å². The van der Waals surface area contributed by atoms with Gasteiger partial charge in [0.15, 0.2) is 0 Å². The minimum atomic E-state index is -0.134. The summed E-state index contributed by atoms with van der Waals surface area (Å²) in [6.07, 6.45) is 0. The third-order valence-corrected chi connectivity index (χ3v) is 3.58. The maximum Gasteiger partial charge on any atom is 0.127 e. The van der Waals surface area contributed by atoms with Gasteiger partial charge in [-0.15, -0.1) is 0 Å². The third kappa shape index (κ3) is 2.80. The second kappa shape index (κ2) is 4.67. The molecule has 17 heavy (non-hydrogen) atoms. The first kappa shape index (κ1) is 14.0. The van der Waals surface area contributed by atoms with Gasteiger partial charge in [0.1, 0.15) is 5.82 Å². The van der Waals surface area contributed by atoms with Crippen LogP contribution in [-0.2, 0) is 0 Å². The average molecular weight is 237 g/mol. The predicted molar refractivity (Wildman–Crippen MR) is 72.8 cm³/mol. The monoisotopic (exact) mass is 237 g/mol. The highest BCUT2D eigenvalue weighted by Gasteiger charge is 2.28. The number of hydrogen-bond donors (Lipinski definition) is 1. The summed E-state index contributed by atoms with van der Waals surface area (Å²) >= 11 is 0. The Bertz CT molecular complexity index is 402. The maximum absolute atomic E-state index is 14.1. The van der Waals surface area contributed by atoms with Crippen LogP contribution >= 0.6 is 0 Å². The fraction of sp³-hybridized carbons (Fsp3) is 0.600. The van der Waals surface area contributed by atoms with Crippen molar-refractivity contribution in [2.24, 2.45) is 5.41 Å². The SMILES string of the molecule is CC(C)c1c(N)ccc(F)c1C(C)C(C)(C)C. The molecule has 1 aromatic carbocycles. The molecule has 0 fully saturated rings. The molecule has 0 aliphatic heterocycles. The summed E-state index contributed by atoms with van der Waals surface area (Å²) < 4.78 is 14.1. The van der Waals surface area contributed by atoms with Crippen LogP contribution in [0.25, 0.3) is 0 Å². The van der Waals surface area contributed by atoms with Crippen molar-refractivity contribution in [3.05, 3.63) is 29.1 Å². The van der Waals surface area contributed by atoms with Crippen LogP contribution in [0.2, 0.25) is 0 Å². The molecular weight excluding hydrogens is 213 g/mol. The Morgan fingerprint density at radius 2 is 1.59 bits per heavy atom. The molecule has 1 aromatic rings. The largest absolute Gasteiger partial charge is 0.398 e. The molecule has 1 rings (SSSR count). The third-order valence-electron chi connectivity index (χ3n) is 3.58. The second-order valence-corrected chi connectivity index (χ2v) is 6.21. The highest BCUT2D eigenvalue weighted by molar-refractivity contribution is 5.54. The normalized spacial score (nSPS) is 14.1. The number of nitrogen functional groups attached to an aromatic ring is 1. The molecule has 96 valence electrons. The van der Waals surface area contributed by atoms with Gasteiger partial charge >= 0.3 is 0 Å². The Morgan fingerprint density at radius 3 is 2.00 bits per heavy atom. The van der Waals surface area contributed by atoms with Crippen LogP contribution in [0.3, 0.4) is 0 Å². The molecule has 0 heterocycles. The lowest BCUT2D eigenvalue weighted by Gasteiger charge is -2.31. The minimum Gasteiger partial charge on any atom is -0.398 e. The summed E-state index contributed by atoms with van der Waals surface area (Å²) in [6, 6.07) is 3.16. The van der Waals surface area contributed by atoms with E-state index in [0.717, 1.165) is 11.1 Å². The van der Waals surface area contributed by atoms with E-state index in [0.29, 0.717) is 5.69 Å². The van der Waals surface area contributed by atoms with Crippen LogP contribution in [0.1, 0.15) is 64.5 Å². The number of hydrogen-bond acceptors (Lipinski definition) is 1. The van der Waals surface area contributed by atoms with Gasteiger partial charge in [-0.25, -0.2) is 4.39 Å². The van der Waals surface area contributed by atoms with Crippen LogP contribution in [0, 0.1) is 11.2 Å². The van der Waals surface area contributed by atoms with Crippen LogP contribution < -0.4 is 5.73 Å². The predicted octanol–water partition coefficient (Wildman–Crippen LogP) is 4.68. The minimum absolute atomic E-state index is 0.0261. The van der Waals surface area contributed by atoms with Gasteiger partial charge in [-0.3, -0.25) is 0 Å². The molecule has 2 N–H and O–H groups in total. The summed E-state index contributed by atoms with van der Waals surface area (Å²) in [6.45, 7) is 12.6. The standard InChI is InChI=1S/C15H24FN/c1-9(2)13-12(17)8-7-11(16)14(13)10(3)15(4,5)6/h7-10H,17H2,1-6H3. The topological polar surface area (TPSA) is 26.0 Å². The van der Waals surface area contributed by atoms with Crippen LogP contribution in [0.15, 0.2) is 12.1 Å². The van der Waals surface area contributed by atoms with E-state index < -0.39 is 0 Å². The van der Waals surface area contributed by atoms with Crippen molar-refractivity contribution in [3.8, 4) is 0 Å². The quantitative estimate of drug-likeness (QED) is 0.742. The smallest absolute Gasteiger partial charge is 0.127 e. The van der Waals surface area contributed by atoms with Crippen molar-refractivity contribution in [2.45, 2.75) is 53.4 Å². The number of rotatable bonds is 2. The van der Waals surface area contributed by atoms with Crippen molar-refractivity contribution in [2.75, 3.05) is 5.73 Å². The summed E-state index contributed by atoms with van der Waals surface area (Å²) in [5, 5.41) is 0. The van der Waals surface area contributed by atoms with Gasteiger partial charge in [0.2, 0.25) is 0 Å². The van der Waals surface area contributed by atoms with E-state index in [1.54, 1.807) is 6.07 Å². The zero-order chi connectivity index (χ0) is 13.4. The van der Waals surface area contributed by atoms with Crippen molar-refractivity contribution >= 4 is 5.69 Å². The van der Waals surface area contributed by atoms with Crippen LogP contribution in [0.4, 0.5) is 10.1 Å². The summed E-state index contributed by atoms with van der Waals surface area (Å²) in [7, 11) is 0. The molecule has 0 aliphatic rings. The van der Waals surface area contributed by atoms with Gasteiger partial charge in [0, 0.05) is 5.69 Å². The molecule has 0 spiro atoms.